The highest BCUT2D eigenvalue weighted by Gasteiger charge is 2.46. The molecule has 0 spiro atoms. The average molecular weight is 546 g/mol. The van der Waals surface area contributed by atoms with E-state index in [1.54, 1.807) is 0 Å². The lowest BCUT2D eigenvalue weighted by Gasteiger charge is -2.19. The number of hydrogen-bond donors (Lipinski definition) is 6. The van der Waals surface area contributed by atoms with Crippen LogP contribution in [0.2, 0.25) is 0 Å². The first kappa shape index (κ1) is 24.8. The molecule has 29 heavy (non-hydrogen) atoms. The standard InChI is InChI=1S/C9H15BrN3O13P3/c10-6-7(14)4(24-8(6)13-2-1-5(11)12-9(13)15)3-23-28(19,20)26-29(21,22)25-27(16,17)18/h1-2,4,6-8,14H,3H2,(H,19,20)(H,21,22)(H2,11,12,15)(H2,16,17,18)/t4-,6?,7+,8-/m1/s1. The highest BCUT2D eigenvalue weighted by atomic mass is 79.9. The highest BCUT2D eigenvalue weighted by Crippen LogP contribution is 2.66. The van der Waals surface area contributed by atoms with Crippen LogP contribution in [0, 0.1) is 0 Å². The average Bonchev–Trinajstić information content (AvgIpc) is 2.78. The molecule has 6 atom stereocenters. The molecule has 1 saturated heterocycles. The van der Waals surface area contributed by atoms with Gasteiger partial charge in [-0.05, 0) is 6.07 Å². The normalized spacial score (nSPS) is 29.3. The highest BCUT2D eigenvalue weighted by molar-refractivity contribution is 9.09. The van der Waals surface area contributed by atoms with Crippen molar-refractivity contribution in [3.8, 4) is 0 Å². The minimum absolute atomic E-state index is 0.0554. The second-order valence-corrected chi connectivity index (χ2v) is 10.9. The third kappa shape index (κ3) is 7.01. The van der Waals surface area contributed by atoms with Crippen molar-refractivity contribution < 1.29 is 56.3 Å². The summed E-state index contributed by atoms with van der Waals surface area (Å²) < 4.78 is 51.5. The van der Waals surface area contributed by atoms with E-state index in [2.05, 4.69) is 34.1 Å². The molecule has 1 aliphatic rings. The van der Waals surface area contributed by atoms with Gasteiger partial charge in [0.1, 0.15) is 11.9 Å². The van der Waals surface area contributed by atoms with E-state index in [4.69, 9.17) is 25.2 Å². The first-order valence-electron chi connectivity index (χ1n) is 7.21. The number of phosphoric acid groups is 3. The Hall–Kier alpha value is -0.510. The maximum Gasteiger partial charge on any atom is 0.490 e. The number of ether oxygens (including phenoxy) is 1. The third-order valence-corrected chi connectivity index (χ3v) is 8.03. The summed E-state index contributed by atoms with van der Waals surface area (Å²) >= 11 is 3.10. The Labute approximate surface area is 169 Å². The van der Waals surface area contributed by atoms with E-state index < -0.39 is 59.0 Å². The van der Waals surface area contributed by atoms with E-state index >= 15 is 0 Å². The fourth-order valence-corrected chi connectivity index (χ4v) is 5.91. The van der Waals surface area contributed by atoms with Crippen LogP contribution in [0.3, 0.4) is 0 Å². The molecule has 0 aliphatic carbocycles. The van der Waals surface area contributed by atoms with Crippen molar-refractivity contribution in [2.75, 3.05) is 12.3 Å². The van der Waals surface area contributed by atoms with Crippen molar-refractivity contribution >= 4 is 45.2 Å². The molecule has 0 saturated carbocycles. The van der Waals surface area contributed by atoms with Crippen molar-refractivity contribution in [2.45, 2.75) is 23.3 Å². The maximum absolute atomic E-state index is 11.9. The molecule has 16 nitrogen and oxygen atoms in total. The number of phosphoric ester groups is 1. The van der Waals surface area contributed by atoms with Gasteiger partial charge in [0.05, 0.1) is 17.5 Å². The monoisotopic (exact) mass is 545 g/mol. The molecule has 166 valence electrons. The molecular formula is C9H15BrN3O13P3. The van der Waals surface area contributed by atoms with E-state index in [0.717, 1.165) is 4.57 Å². The molecule has 1 fully saturated rings. The van der Waals surface area contributed by atoms with Gasteiger partial charge in [0.2, 0.25) is 0 Å². The van der Waals surface area contributed by atoms with Gasteiger partial charge in [-0.3, -0.25) is 9.09 Å². The van der Waals surface area contributed by atoms with Crippen LogP contribution in [0.4, 0.5) is 5.82 Å². The molecule has 1 aromatic rings. The van der Waals surface area contributed by atoms with Crippen molar-refractivity contribution in [1.82, 2.24) is 9.55 Å². The summed E-state index contributed by atoms with van der Waals surface area (Å²) in [5, 5.41) is 10.2. The fourth-order valence-electron chi connectivity index (χ4n) is 2.16. The van der Waals surface area contributed by atoms with Gasteiger partial charge in [-0.2, -0.15) is 13.6 Å². The summed E-state index contributed by atoms with van der Waals surface area (Å²) in [4.78, 5) is 49.9. The summed E-state index contributed by atoms with van der Waals surface area (Å²) in [6.45, 7) is -0.888. The molecule has 20 heteroatoms. The van der Waals surface area contributed by atoms with Crippen LogP contribution in [0.5, 0.6) is 0 Å². The predicted octanol–water partition coefficient (Wildman–Crippen LogP) is -0.809. The Bertz CT molecular complexity index is 951. The van der Waals surface area contributed by atoms with Crippen LogP contribution >= 0.6 is 39.4 Å². The van der Waals surface area contributed by atoms with Gasteiger partial charge in [0.15, 0.2) is 6.23 Å². The van der Waals surface area contributed by atoms with E-state index in [9.17, 15) is 28.5 Å². The molecule has 0 amide bonds. The molecule has 2 heterocycles. The Morgan fingerprint density at radius 3 is 2.38 bits per heavy atom. The Kier molecular flexibility index (Phi) is 7.62. The summed E-state index contributed by atoms with van der Waals surface area (Å²) in [5.41, 5.74) is 4.57. The van der Waals surface area contributed by atoms with Crippen LogP contribution in [0.15, 0.2) is 17.1 Å². The number of nitrogens with zero attached hydrogens (tertiary/aromatic N) is 2. The second kappa shape index (κ2) is 8.93. The lowest BCUT2D eigenvalue weighted by atomic mass is 10.2. The number of rotatable bonds is 8. The van der Waals surface area contributed by atoms with Gasteiger partial charge < -0.3 is 35.2 Å². The van der Waals surface area contributed by atoms with E-state index in [-0.39, 0.29) is 5.82 Å². The molecule has 0 bridgehead atoms. The van der Waals surface area contributed by atoms with Crippen molar-refractivity contribution in [3.05, 3.63) is 22.7 Å². The quantitative estimate of drug-likeness (QED) is 0.172. The summed E-state index contributed by atoms with van der Waals surface area (Å²) in [7, 11) is -16.6. The zero-order chi connectivity index (χ0) is 22.2. The minimum Gasteiger partial charge on any atom is -0.389 e. The fraction of sp³-hybridized carbons (Fsp3) is 0.556. The van der Waals surface area contributed by atoms with Crippen LogP contribution in [0.25, 0.3) is 0 Å². The molecular weight excluding hydrogens is 531 g/mol. The number of aliphatic hydroxyl groups is 1. The lowest BCUT2D eigenvalue weighted by Crippen LogP contribution is -2.32. The van der Waals surface area contributed by atoms with Gasteiger partial charge in [0.25, 0.3) is 0 Å². The predicted molar refractivity (Wildman–Crippen MR) is 95.4 cm³/mol. The van der Waals surface area contributed by atoms with E-state index in [0.29, 0.717) is 0 Å². The first-order chi connectivity index (χ1) is 13.1. The van der Waals surface area contributed by atoms with Crippen molar-refractivity contribution in [3.63, 3.8) is 0 Å². The van der Waals surface area contributed by atoms with Gasteiger partial charge in [0, 0.05) is 6.20 Å². The second-order valence-electron chi connectivity index (χ2n) is 5.43. The van der Waals surface area contributed by atoms with Gasteiger partial charge >= 0.3 is 29.2 Å². The zero-order valence-corrected chi connectivity index (χ0v) is 18.1. The molecule has 0 radical (unpaired) electrons. The number of halogens is 1. The summed E-state index contributed by atoms with van der Waals surface area (Å²) in [6.07, 6.45) is -2.61. The SMILES string of the molecule is Nc1ccn([C@@H]2O[C@H](COP(=O)(O)OP(=O)(O)OP(=O)(O)O)[C@H](O)C2Br)c(=O)n1. The lowest BCUT2D eigenvalue weighted by molar-refractivity contribution is -0.0447. The number of nitrogen functional groups attached to an aromatic ring is 1. The van der Waals surface area contributed by atoms with Crippen LogP contribution < -0.4 is 11.4 Å². The largest absolute Gasteiger partial charge is 0.490 e. The zero-order valence-electron chi connectivity index (χ0n) is 13.9. The maximum atomic E-state index is 11.9. The number of nitrogens with two attached hydrogens (primary N) is 1. The van der Waals surface area contributed by atoms with Crippen LogP contribution in [0.1, 0.15) is 6.23 Å². The number of hydrogen-bond acceptors (Lipinski definition) is 11. The first-order valence-corrected chi connectivity index (χ1v) is 12.6. The summed E-state index contributed by atoms with van der Waals surface area (Å²) in [5.74, 6) is -0.0554. The molecule has 1 aliphatic heterocycles. The van der Waals surface area contributed by atoms with Gasteiger partial charge in [-0.25, -0.2) is 18.5 Å². The molecule has 2 rings (SSSR count). The number of aromatic nitrogens is 2. The molecule has 0 aromatic carbocycles. The third-order valence-electron chi connectivity index (χ3n) is 3.24. The molecule has 7 N–H and O–H groups in total. The van der Waals surface area contributed by atoms with Crippen molar-refractivity contribution in [1.29, 1.82) is 0 Å². The van der Waals surface area contributed by atoms with Crippen molar-refractivity contribution in [2.24, 2.45) is 0 Å². The number of aliphatic hydroxyl groups excluding tert-OH is 1. The van der Waals surface area contributed by atoms with E-state index in [1.165, 1.54) is 12.3 Å². The summed E-state index contributed by atoms with van der Waals surface area (Å²) in [6, 6.07) is 1.29. The van der Waals surface area contributed by atoms with E-state index in [1.807, 2.05) is 0 Å². The number of alkyl halides is 1. The number of anilines is 1. The topological polar surface area (TPSA) is 250 Å². The Morgan fingerprint density at radius 1 is 1.21 bits per heavy atom. The minimum atomic E-state index is -5.67. The van der Waals surface area contributed by atoms with Gasteiger partial charge in [-0.15, -0.1) is 0 Å². The van der Waals surface area contributed by atoms with Crippen LogP contribution in [-0.2, 0) is 31.6 Å². The molecule has 3 unspecified atom stereocenters. The van der Waals surface area contributed by atoms with Gasteiger partial charge in [-0.1, -0.05) is 15.9 Å². The smallest absolute Gasteiger partial charge is 0.389 e. The van der Waals surface area contributed by atoms with Crippen LogP contribution in [-0.4, -0.2) is 57.9 Å². The Morgan fingerprint density at radius 2 is 1.83 bits per heavy atom. The molecule has 1 aromatic heterocycles. The Balaban J connectivity index is 2.05.